The third-order valence-corrected chi connectivity index (χ3v) is 9.15. The Morgan fingerprint density at radius 3 is 1.13 bits per heavy atom. The van der Waals surface area contributed by atoms with E-state index in [-0.39, 0.29) is 31.1 Å². The molecular weight excluding hydrogens is 576 g/mol. The smallest absolute Gasteiger partial charge is 0.306 e. The Morgan fingerprint density at radius 1 is 0.435 bits per heavy atom. The van der Waals surface area contributed by atoms with Gasteiger partial charge in [0.15, 0.2) is 6.10 Å². The van der Waals surface area contributed by atoms with E-state index in [1.807, 2.05) is 0 Å². The molecule has 0 amide bonds. The number of ether oxygens (including phenoxy) is 3. The predicted octanol–water partition coefficient (Wildman–Crippen LogP) is 12.0. The van der Waals surface area contributed by atoms with Crippen LogP contribution >= 0.6 is 0 Å². The highest BCUT2D eigenvalue weighted by Crippen LogP contribution is 2.16. The van der Waals surface area contributed by atoms with Crippen molar-refractivity contribution in [3.8, 4) is 0 Å². The fourth-order valence-electron chi connectivity index (χ4n) is 5.71. The third kappa shape index (κ3) is 32.4. The summed E-state index contributed by atoms with van der Waals surface area (Å²) in [4.78, 5) is 37.2. The van der Waals surface area contributed by atoms with Gasteiger partial charge in [-0.1, -0.05) is 175 Å². The Balaban J connectivity index is 4.20. The molecule has 0 heterocycles. The van der Waals surface area contributed by atoms with Crippen molar-refractivity contribution in [2.24, 2.45) is 5.92 Å². The second-order valence-corrected chi connectivity index (χ2v) is 13.8. The first-order chi connectivity index (χ1) is 22.4. The average Bonchev–Trinajstić information content (AvgIpc) is 3.05. The van der Waals surface area contributed by atoms with Gasteiger partial charge >= 0.3 is 17.9 Å². The van der Waals surface area contributed by atoms with Crippen LogP contribution in [0.25, 0.3) is 0 Å². The van der Waals surface area contributed by atoms with Crippen molar-refractivity contribution in [1.82, 2.24) is 0 Å². The van der Waals surface area contributed by atoms with E-state index in [1.54, 1.807) is 0 Å². The van der Waals surface area contributed by atoms with Crippen molar-refractivity contribution < 1.29 is 28.6 Å². The summed E-state index contributed by atoms with van der Waals surface area (Å²) in [5.41, 5.74) is 0. The molecule has 0 bridgehead atoms. The minimum Gasteiger partial charge on any atom is -0.462 e. The van der Waals surface area contributed by atoms with Gasteiger partial charge in [-0.05, 0) is 25.2 Å². The van der Waals surface area contributed by atoms with Crippen molar-refractivity contribution in [1.29, 1.82) is 0 Å². The Kier molecular flexibility index (Phi) is 33.5. The Labute approximate surface area is 285 Å². The fourth-order valence-corrected chi connectivity index (χ4v) is 5.71. The predicted molar refractivity (Wildman–Crippen MR) is 192 cm³/mol. The van der Waals surface area contributed by atoms with Crippen molar-refractivity contribution in [2.75, 3.05) is 13.2 Å². The van der Waals surface area contributed by atoms with Crippen molar-refractivity contribution in [3.63, 3.8) is 0 Å². The van der Waals surface area contributed by atoms with Gasteiger partial charge in [-0.2, -0.15) is 0 Å². The Morgan fingerprint density at radius 2 is 0.761 bits per heavy atom. The maximum atomic E-state index is 12.4. The van der Waals surface area contributed by atoms with Crippen LogP contribution in [0.4, 0.5) is 0 Å². The zero-order valence-electron chi connectivity index (χ0n) is 31.0. The van der Waals surface area contributed by atoms with Gasteiger partial charge in [-0.3, -0.25) is 14.4 Å². The maximum Gasteiger partial charge on any atom is 0.306 e. The number of esters is 3. The van der Waals surface area contributed by atoms with E-state index in [2.05, 4.69) is 27.7 Å². The monoisotopic (exact) mass is 653 g/mol. The van der Waals surface area contributed by atoms with Crippen LogP contribution in [0, 0.1) is 5.92 Å². The molecule has 0 saturated heterocycles. The van der Waals surface area contributed by atoms with E-state index in [1.165, 1.54) is 103 Å². The summed E-state index contributed by atoms with van der Waals surface area (Å²) in [6.45, 7) is 8.89. The molecule has 0 spiro atoms. The first-order valence-electron chi connectivity index (χ1n) is 19.9. The number of hydrogen-bond acceptors (Lipinski definition) is 6. The first kappa shape index (κ1) is 44.4. The van der Waals surface area contributed by atoms with E-state index in [0.29, 0.717) is 19.3 Å². The minimum absolute atomic E-state index is 0.0664. The summed E-state index contributed by atoms with van der Waals surface area (Å²) in [5, 5.41) is 0. The molecule has 46 heavy (non-hydrogen) atoms. The second-order valence-electron chi connectivity index (χ2n) is 13.8. The van der Waals surface area contributed by atoms with Gasteiger partial charge in [0.1, 0.15) is 13.2 Å². The lowest BCUT2D eigenvalue weighted by atomic mass is 9.99. The minimum atomic E-state index is -0.755. The average molecular weight is 653 g/mol. The van der Waals surface area contributed by atoms with E-state index in [4.69, 9.17) is 14.2 Å². The molecule has 6 nitrogen and oxygen atoms in total. The van der Waals surface area contributed by atoms with Gasteiger partial charge in [0, 0.05) is 19.3 Å². The number of unbranched alkanes of at least 4 members (excludes halogenated alkanes) is 21. The lowest BCUT2D eigenvalue weighted by Crippen LogP contribution is -2.30. The quantitative estimate of drug-likeness (QED) is 0.0385. The molecule has 0 aromatic carbocycles. The largest absolute Gasteiger partial charge is 0.462 e. The van der Waals surface area contributed by atoms with Crippen LogP contribution < -0.4 is 0 Å². The highest BCUT2D eigenvalue weighted by atomic mass is 16.6. The Hall–Kier alpha value is -1.59. The second kappa shape index (κ2) is 34.7. The molecule has 2 atom stereocenters. The summed E-state index contributed by atoms with van der Waals surface area (Å²) in [5.74, 6) is -0.0101. The number of carbonyl (C=O) groups is 3. The number of hydrogen-bond donors (Lipinski definition) is 0. The van der Waals surface area contributed by atoms with Gasteiger partial charge in [0.05, 0.1) is 0 Å². The van der Waals surface area contributed by atoms with Gasteiger partial charge < -0.3 is 14.2 Å². The van der Waals surface area contributed by atoms with Crippen LogP contribution in [0.5, 0.6) is 0 Å². The van der Waals surface area contributed by atoms with Crippen LogP contribution in [0.3, 0.4) is 0 Å². The van der Waals surface area contributed by atoms with Crippen molar-refractivity contribution in [3.05, 3.63) is 0 Å². The van der Waals surface area contributed by atoms with E-state index >= 15 is 0 Å². The molecule has 0 aliphatic heterocycles. The molecule has 6 heteroatoms. The van der Waals surface area contributed by atoms with Crippen LogP contribution in [-0.2, 0) is 28.6 Å². The van der Waals surface area contributed by atoms with Gasteiger partial charge in [-0.25, -0.2) is 0 Å². The summed E-state index contributed by atoms with van der Waals surface area (Å²) < 4.78 is 16.5. The highest BCUT2D eigenvalue weighted by molar-refractivity contribution is 5.71. The van der Waals surface area contributed by atoms with Crippen molar-refractivity contribution in [2.45, 2.75) is 220 Å². The molecule has 0 N–H and O–H groups in total. The number of rotatable bonds is 35. The van der Waals surface area contributed by atoms with E-state index in [0.717, 1.165) is 70.1 Å². The molecule has 0 saturated carbocycles. The molecule has 0 rings (SSSR count). The third-order valence-electron chi connectivity index (χ3n) is 9.15. The number of carbonyl (C=O) groups excluding carboxylic acids is 3. The van der Waals surface area contributed by atoms with E-state index < -0.39 is 6.10 Å². The van der Waals surface area contributed by atoms with Crippen LogP contribution in [0.1, 0.15) is 214 Å². The summed E-state index contributed by atoms with van der Waals surface area (Å²) in [6, 6.07) is 0. The molecule has 0 radical (unpaired) electrons. The zero-order chi connectivity index (χ0) is 33.9. The lowest BCUT2D eigenvalue weighted by molar-refractivity contribution is -0.167. The van der Waals surface area contributed by atoms with E-state index in [9.17, 15) is 14.4 Å². The topological polar surface area (TPSA) is 78.9 Å². The van der Waals surface area contributed by atoms with Crippen LogP contribution in [0.2, 0.25) is 0 Å². The maximum absolute atomic E-state index is 12.4. The zero-order valence-corrected chi connectivity index (χ0v) is 31.0. The normalized spacial score (nSPS) is 12.5. The van der Waals surface area contributed by atoms with Crippen LogP contribution in [0.15, 0.2) is 0 Å². The molecule has 0 aromatic rings. The summed E-state index contributed by atoms with van der Waals surface area (Å²) in [6.07, 6.45) is 31.1. The highest BCUT2D eigenvalue weighted by Gasteiger charge is 2.19. The first-order valence-corrected chi connectivity index (χ1v) is 19.9. The molecule has 1 unspecified atom stereocenters. The molecule has 0 aliphatic rings. The summed E-state index contributed by atoms with van der Waals surface area (Å²) in [7, 11) is 0. The molecule has 0 aliphatic carbocycles. The molecular formula is C40H76O6. The van der Waals surface area contributed by atoms with Crippen LogP contribution in [-0.4, -0.2) is 37.2 Å². The standard InChI is InChI=1S/C40H76O6/c1-5-8-10-12-13-16-20-24-27-31-38(41)44-34-37(46-40(43)33-29-22-11-9-6-2)35-45-39(42)32-28-25-21-18-15-14-17-19-23-26-30-36(4)7-3/h36-37H,5-35H2,1-4H3/t36?,37-/m0/s1. The van der Waals surface area contributed by atoms with Gasteiger partial charge in [0.25, 0.3) is 0 Å². The van der Waals surface area contributed by atoms with Crippen molar-refractivity contribution >= 4 is 17.9 Å². The molecule has 0 fully saturated rings. The lowest BCUT2D eigenvalue weighted by Gasteiger charge is -2.18. The van der Waals surface area contributed by atoms with Gasteiger partial charge in [-0.15, -0.1) is 0 Å². The Bertz CT molecular complexity index is 693. The van der Waals surface area contributed by atoms with Gasteiger partial charge in [0.2, 0.25) is 0 Å². The molecule has 272 valence electrons. The SMILES string of the molecule is CCCCCCCCCCCC(=O)OC[C@@H](COC(=O)CCCCCCCCCCCCC(C)CC)OC(=O)CCCCCCC. The fraction of sp³-hybridized carbons (Fsp3) is 0.925. The summed E-state index contributed by atoms with van der Waals surface area (Å²) >= 11 is 0. The molecule has 0 aromatic heterocycles.